The number of halogens is 1. The minimum Gasteiger partial charge on any atom is -0.507 e. The van der Waals surface area contributed by atoms with Crippen molar-refractivity contribution >= 4 is 29.1 Å². The summed E-state index contributed by atoms with van der Waals surface area (Å²) in [5, 5.41) is 11.4. The predicted octanol–water partition coefficient (Wildman–Crippen LogP) is 3.00. The average Bonchev–Trinajstić information content (AvgIpc) is 3.33. The number of ether oxygens (including phenoxy) is 2. The number of methoxy groups -OCH3 is 1. The zero-order valence-corrected chi connectivity index (χ0v) is 18.7. The number of nitrogens with zero attached hydrogens (tertiary/aromatic N) is 2. The van der Waals surface area contributed by atoms with E-state index in [1.54, 1.807) is 31.2 Å². The van der Waals surface area contributed by atoms with Gasteiger partial charge in [0, 0.05) is 31.7 Å². The van der Waals surface area contributed by atoms with Gasteiger partial charge in [-0.25, -0.2) is 0 Å². The van der Waals surface area contributed by atoms with E-state index in [4.69, 9.17) is 25.5 Å². The molecule has 0 bridgehead atoms. The van der Waals surface area contributed by atoms with Gasteiger partial charge < -0.3 is 23.9 Å². The van der Waals surface area contributed by atoms with E-state index in [1.807, 2.05) is 0 Å². The lowest BCUT2D eigenvalue weighted by atomic mass is 9.99. The van der Waals surface area contributed by atoms with E-state index in [0.717, 1.165) is 13.1 Å². The smallest absolute Gasteiger partial charge is 0.295 e. The molecule has 2 aliphatic rings. The highest BCUT2D eigenvalue weighted by Crippen LogP contribution is 2.40. The Hall–Kier alpha value is -2.81. The van der Waals surface area contributed by atoms with Crippen molar-refractivity contribution in [1.82, 2.24) is 9.80 Å². The number of likely N-dealkylation sites (tertiary alicyclic amines) is 1. The topological polar surface area (TPSA) is 92.5 Å². The number of morpholine rings is 1. The van der Waals surface area contributed by atoms with Crippen LogP contribution in [-0.2, 0) is 14.3 Å². The number of benzene rings is 1. The molecule has 0 aliphatic carbocycles. The molecular weight excluding hydrogens is 436 g/mol. The summed E-state index contributed by atoms with van der Waals surface area (Å²) in [6.07, 6.45) is 0. The molecule has 2 fully saturated rings. The van der Waals surface area contributed by atoms with Gasteiger partial charge in [0.15, 0.2) is 0 Å². The highest BCUT2D eigenvalue weighted by Gasteiger charge is 2.47. The number of rotatable bonds is 6. The van der Waals surface area contributed by atoms with Crippen LogP contribution in [0.1, 0.15) is 23.1 Å². The van der Waals surface area contributed by atoms with Crippen molar-refractivity contribution in [2.45, 2.75) is 13.0 Å². The minimum atomic E-state index is -0.828. The first-order valence-corrected chi connectivity index (χ1v) is 10.8. The second kappa shape index (κ2) is 9.36. The lowest BCUT2D eigenvalue weighted by molar-refractivity contribution is -0.140. The normalized spacial score (nSPS) is 21.3. The van der Waals surface area contributed by atoms with Gasteiger partial charge in [-0.2, -0.15) is 0 Å². The van der Waals surface area contributed by atoms with Gasteiger partial charge in [0.2, 0.25) is 0 Å². The van der Waals surface area contributed by atoms with Crippen LogP contribution in [0.15, 0.2) is 40.3 Å². The molecule has 170 valence electrons. The SMILES string of the molecule is COc1ccc(/C(O)=C2\C(=O)C(=O)N(CCN3CCOCC3)[C@H]2c2ccc(C)o2)cc1Cl. The standard InChI is InChI=1S/C23H25ClN2O6/c1-14-3-5-18(32-14)20-19(21(27)15-4-6-17(30-2)16(24)13-15)22(28)23(29)26(20)8-7-25-9-11-31-12-10-25/h3-6,13,20,27H,7-12H2,1-2H3/b21-19+/t20-/m0/s1. The van der Waals surface area contributed by atoms with Gasteiger partial charge in [-0.05, 0) is 37.3 Å². The van der Waals surface area contributed by atoms with Crippen molar-refractivity contribution < 1.29 is 28.6 Å². The Morgan fingerprint density at radius 3 is 2.56 bits per heavy atom. The summed E-state index contributed by atoms with van der Waals surface area (Å²) in [5.41, 5.74) is 0.294. The van der Waals surface area contributed by atoms with E-state index >= 15 is 0 Å². The molecule has 8 nitrogen and oxygen atoms in total. The number of carbonyl (C=O) groups is 2. The third-order valence-corrected chi connectivity index (χ3v) is 6.05. The number of furan rings is 1. The number of Topliss-reactive ketones (excluding diaryl/α,β-unsaturated/α-hetero) is 1. The van der Waals surface area contributed by atoms with Crippen LogP contribution in [0.4, 0.5) is 0 Å². The molecular formula is C23H25ClN2O6. The fourth-order valence-electron chi connectivity index (χ4n) is 4.05. The molecule has 2 aliphatic heterocycles. The number of aliphatic hydroxyl groups is 1. The fourth-order valence-corrected chi connectivity index (χ4v) is 4.31. The first kappa shape index (κ1) is 22.4. The van der Waals surface area contributed by atoms with Gasteiger partial charge in [0.25, 0.3) is 11.7 Å². The van der Waals surface area contributed by atoms with Crippen LogP contribution < -0.4 is 4.74 Å². The van der Waals surface area contributed by atoms with Crippen molar-refractivity contribution in [1.29, 1.82) is 0 Å². The van der Waals surface area contributed by atoms with Crippen LogP contribution in [0.3, 0.4) is 0 Å². The summed E-state index contributed by atoms with van der Waals surface area (Å²) in [4.78, 5) is 29.7. The Morgan fingerprint density at radius 1 is 1.19 bits per heavy atom. The molecule has 1 aromatic heterocycles. The molecule has 0 spiro atoms. The molecule has 0 saturated carbocycles. The van der Waals surface area contributed by atoms with Crippen molar-refractivity contribution in [2.24, 2.45) is 0 Å². The summed E-state index contributed by atoms with van der Waals surface area (Å²) in [5.74, 6) is -0.224. The lowest BCUT2D eigenvalue weighted by Gasteiger charge is -2.30. The highest BCUT2D eigenvalue weighted by molar-refractivity contribution is 6.46. The van der Waals surface area contributed by atoms with E-state index < -0.39 is 17.7 Å². The Morgan fingerprint density at radius 2 is 1.94 bits per heavy atom. The summed E-state index contributed by atoms with van der Waals surface area (Å²) in [6.45, 7) is 5.48. The van der Waals surface area contributed by atoms with Crippen LogP contribution in [0.25, 0.3) is 5.76 Å². The number of hydrogen-bond donors (Lipinski definition) is 1. The molecule has 1 amide bonds. The minimum absolute atomic E-state index is 0.0208. The highest BCUT2D eigenvalue weighted by atomic mass is 35.5. The van der Waals surface area contributed by atoms with Crippen molar-refractivity contribution in [3.05, 3.63) is 58.0 Å². The van der Waals surface area contributed by atoms with Gasteiger partial charge in [0.05, 0.1) is 30.9 Å². The summed E-state index contributed by atoms with van der Waals surface area (Å²) in [6, 6.07) is 7.35. The number of aliphatic hydroxyl groups excluding tert-OH is 1. The molecule has 3 heterocycles. The van der Waals surface area contributed by atoms with E-state index in [9.17, 15) is 14.7 Å². The van der Waals surface area contributed by atoms with Crippen LogP contribution in [0.5, 0.6) is 5.75 Å². The maximum atomic E-state index is 13.0. The van der Waals surface area contributed by atoms with Crippen molar-refractivity contribution in [2.75, 3.05) is 46.5 Å². The molecule has 2 saturated heterocycles. The van der Waals surface area contributed by atoms with Crippen LogP contribution in [0, 0.1) is 6.92 Å². The molecule has 32 heavy (non-hydrogen) atoms. The van der Waals surface area contributed by atoms with Crippen molar-refractivity contribution in [3.8, 4) is 5.75 Å². The third-order valence-electron chi connectivity index (χ3n) is 5.76. The second-order valence-corrected chi connectivity index (χ2v) is 8.15. The molecule has 1 N–H and O–H groups in total. The number of amides is 1. The van der Waals surface area contributed by atoms with Crippen LogP contribution in [0.2, 0.25) is 5.02 Å². The van der Waals surface area contributed by atoms with Gasteiger partial charge in [-0.15, -0.1) is 0 Å². The first-order valence-electron chi connectivity index (χ1n) is 10.4. The van der Waals surface area contributed by atoms with Crippen LogP contribution in [-0.4, -0.2) is 73.1 Å². The summed E-state index contributed by atoms with van der Waals surface area (Å²) in [7, 11) is 1.49. The first-order chi connectivity index (χ1) is 15.4. The number of ketones is 1. The maximum Gasteiger partial charge on any atom is 0.295 e. The van der Waals surface area contributed by atoms with Crippen molar-refractivity contribution in [3.63, 3.8) is 0 Å². The molecule has 9 heteroatoms. The third kappa shape index (κ3) is 4.26. The number of hydrogen-bond acceptors (Lipinski definition) is 7. The molecule has 1 atom stereocenters. The second-order valence-electron chi connectivity index (χ2n) is 7.74. The van der Waals surface area contributed by atoms with E-state index in [2.05, 4.69) is 4.90 Å². The van der Waals surface area contributed by atoms with E-state index in [0.29, 0.717) is 49.1 Å². The Balaban J connectivity index is 1.72. The van der Waals surface area contributed by atoms with Gasteiger partial charge in [-0.1, -0.05) is 11.6 Å². The molecule has 0 radical (unpaired) electrons. The molecule has 2 aromatic rings. The maximum absolute atomic E-state index is 13.0. The quantitative estimate of drug-likeness (QED) is 0.402. The molecule has 1 aromatic carbocycles. The summed E-state index contributed by atoms with van der Waals surface area (Å²) >= 11 is 6.21. The Kier molecular flexibility index (Phi) is 6.55. The number of aryl methyl sites for hydroxylation is 1. The Bertz CT molecular complexity index is 1060. The lowest BCUT2D eigenvalue weighted by Crippen LogP contribution is -2.42. The van der Waals surface area contributed by atoms with E-state index in [1.165, 1.54) is 18.1 Å². The monoisotopic (exact) mass is 460 g/mol. The van der Waals surface area contributed by atoms with Gasteiger partial charge >= 0.3 is 0 Å². The fraction of sp³-hybridized carbons (Fsp3) is 0.391. The van der Waals surface area contributed by atoms with Crippen LogP contribution >= 0.6 is 11.6 Å². The van der Waals surface area contributed by atoms with Gasteiger partial charge in [0.1, 0.15) is 29.1 Å². The molecule has 4 rings (SSSR count). The largest absolute Gasteiger partial charge is 0.507 e. The Labute approximate surface area is 190 Å². The van der Waals surface area contributed by atoms with E-state index in [-0.39, 0.29) is 16.4 Å². The summed E-state index contributed by atoms with van der Waals surface area (Å²) < 4.78 is 16.3. The zero-order chi connectivity index (χ0) is 22.8. The average molecular weight is 461 g/mol. The molecule has 0 unspecified atom stereocenters. The van der Waals surface area contributed by atoms with Gasteiger partial charge in [-0.3, -0.25) is 14.5 Å². The number of carbonyl (C=O) groups excluding carboxylic acids is 2. The predicted molar refractivity (Wildman–Crippen MR) is 118 cm³/mol. The zero-order valence-electron chi connectivity index (χ0n) is 18.0.